The lowest BCUT2D eigenvalue weighted by Gasteiger charge is -2.18. The molecule has 0 aliphatic carbocycles. The number of nitrogens with one attached hydrogen (secondary N) is 1. The van der Waals surface area contributed by atoms with Crippen molar-refractivity contribution in [2.24, 2.45) is 5.92 Å². The number of Topliss-reactive ketones (excluding diaryl/α,β-unsaturated/α-hetero) is 1. The van der Waals surface area contributed by atoms with E-state index >= 15 is 0 Å². The number of hydrogen-bond acceptors (Lipinski definition) is 8. The molecule has 2 atom stereocenters. The summed E-state index contributed by atoms with van der Waals surface area (Å²) in [6.45, 7) is 7.61. The van der Waals surface area contributed by atoms with Gasteiger partial charge in [0, 0.05) is 52.3 Å². The molecule has 1 amide bonds. The standard InChI is InChI=1S/C40H38N4O6S2/c1-25(39(47)48)43-38(46)30(22-34(45)35-16-17-36(51-35)40(2,3)4)20-26-10-12-27(13-11-26)37-41-23-31(24-42-37)28-14-15-33-29(21-28)18-19-44(33)52(49,50)32-8-6-5-7-9-32/h5-19,21,23-25,30H,20,22H2,1-4H3,(H,43,46)(H,47,48)/t25-,30-/m1/s1. The largest absolute Gasteiger partial charge is 0.480 e. The molecule has 0 aliphatic heterocycles. The molecular weight excluding hydrogens is 697 g/mol. The molecule has 12 heteroatoms. The van der Waals surface area contributed by atoms with E-state index in [1.54, 1.807) is 67.1 Å². The van der Waals surface area contributed by atoms with E-state index in [0.29, 0.717) is 16.2 Å². The summed E-state index contributed by atoms with van der Waals surface area (Å²) in [6, 6.07) is 25.6. The van der Waals surface area contributed by atoms with Crippen LogP contribution in [0.4, 0.5) is 0 Å². The number of aromatic nitrogens is 3. The molecule has 0 saturated carbocycles. The highest BCUT2D eigenvalue weighted by Gasteiger charge is 2.27. The van der Waals surface area contributed by atoms with Gasteiger partial charge in [0.15, 0.2) is 11.6 Å². The Kier molecular flexibility index (Phi) is 10.2. The molecule has 3 aromatic heterocycles. The van der Waals surface area contributed by atoms with Crippen LogP contribution in [0, 0.1) is 5.92 Å². The summed E-state index contributed by atoms with van der Waals surface area (Å²) in [4.78, 5) is 49.0. The van der Waals surface area contributed by atoms with Crippen LogP contribution in [0.1, 0.15) is 54.2 Å². The molecule has 0 saturated heterocycles. The van der Waals surface area contributed by atoms with Crippen LogP contribution < -0.4 is 5.32 Å². The van der Waals surface area contributed by atoms with Gasteiger partial charge in [0.05, 0.1) is 15.3 Å². The first-order valence-corrected chi connectivity index (χ1v) is 19.0. The van der Waals surface area contributed by atoms with Crippen molar-refractivity contribution in [2.75, 3.05) is 0 Å². The van der Waals surface area contributed by atoms with Crippen LogP contribution in [0.2, 0.25) is 0 Å². The minimum absolute atomic E-state index is 0.0616. The Morgan fingerprint density at radius 1 is 0.865 bits per heavy atom. The Morgan fingerprint density at radius 3 is 2.17 bits per heavy atom. The zero-order valence-corrected chi connectivity index (χ0v) is 30.7. The molecule has 10 nitrogen and oxygen atoms in total. The van der Waals surface area contributed by atoms with Gasteiger partial charge in [-0.1, -0.05) is 69.3 Å². The van der Waals surface area contributed by atoms with Crippen molar-refractivity contribution in [3.05, 3.63) is 125 Å². The van der Waals surface area contributed by atoms with Crippen molar-refractivity contribution >= 4 is 49.9 Å². The quantitative estimate of drug-likeness (QED) is 0.124. The van der Waals surface area contributed by atoms with Crippen LogP contribution in [-0.4, -0.2) is 51.2 Å². The summed E-state index contributed by atoms with van der Waals surface area (Å²) >= 11 is 1.41. The first-order chi connectivity index (χ1) is 24.7. The van der Waals surface area contributed by atoms with E-state index in [4.69, 9.17) is 0 Å². The van der Waals surface area contributed by atoms with E-state index in [1.165, 1.54) is 22.2 Å². The number of thiophene rings is 1. The van der Waals surface area contributed by atoms with Gasteiger partial charge < -0.3 is 10.4 Å². The maximum Gasteiger partial charge on any atom is 0.325 e. The van der Waals surface area contributed by atoms with Gasteiger partial charge in [-0.3, -0.25) is 14.4 Å². The fourth-order valence-corrected chi connectivity index (χ4v) is 8.17. The number of carboxylic acids is 1. The lowest BCUT2D eigenvalue weighted by atomic mass is 9.92. The highest BCUT2D eigenvalue weighted by atomic mass is 32.2. The molecule has 3 heterocycles. The second kappa shape index (κ2) is 14.6. The Balaban J connectivity index is 1.17. The normalized spacial score (nSPS) is 13.1. The van der Waals surface area contributed by atoms with E-state index in [-0.39, 0.29) is 28.9 Å². The van der Waals surface area contributed by atoms with Crippen molar-refractivity contribution in [2.45, 2.75) is 56.9 Å². The summed E-state index contributed by atoms with van der Waals surface area (Å²) < 4.78 is 27.7. The third-order valence-corrected chi connectivity index (χ3v) is 12.0. The predicted octanol–water partition coefficient (Wildman–Crippen LogP) is 7.38. The average molecular weight is 735 g/mol. The zero-order chi connectivity index (χ0) is 37.2. The number of carboxylic acid groups (broad SMARTS) is 1. The number of benzene rings is 3. The highest BCUT2D eigenvalue weighted by molar-refractivity contribution is 7.90. The molecule has 266 valence electrons. The van der Waals surface area contributed by atoms with Crippen LogP contribution in [0.15, 0.2) is 114 Å². The lowest BCUT2D eigenvalue weighted by molar-refractivity contribution is -0.141. The summed E-state index contributed by atoms with van der Waals surface area (Å²) in [7, 11) is -3.74. The number of ketones is 1. The molecule has 0 spiro atoms. The minimum Gasteiger partial charge on any atom is -0.480 e. The fourth-order valence-electron chi connectivity index (χ4n) is 5.78. The molecule has 2 N–H and O–H groups in total. The summed E-state index contributed by atoms with van der Waals surface area (Å²) in [5.74, 6) is -2.10. The Morgan fingerprint density at radius 2 is 1.54 bits per heavy atom. The van der Waals surface area contributed by atoms with Crippen molar-refractivity contribution in [1.29, 1.82) is 0 Å². The monoisotopic (exact) mass is 734 g/mol. The van der Waals surface area contributed by atoms with Gasteiger partial charge in [-0.2, -0.15) is 0 Å². The van der Waals surface area contributed by atoms with Crippen LogP contribution in [0.5, 0.6) is 0 Å². The average Bonchev–Trinajstić information content (AvgIpc) is 3.81. The number of amides is 1. The van der Waals surface area contributed by atoms with Crippen LogP contribution in [0.25, 0.3) is 33.4 Å². The van der Waals surface area contributed by atoms with Gasteiger partial charge in [0.1, 0.15) is 6.04 Å². The van der Waals surface area contributed by atoms with Gasteiger partial charge in [0.2, 0.25) is 5.91 Å². The van der Waals surface area contributed by atoms with Gasteiger partial charge in [-0.15, -0.1) is 11.3 Å². The van der Waals surface area contributed by atoms with Crippen molar-refractivity contribution < 1.29 is 27.9 Å². The summed E-state index contributed by atoms with van der Waals surface area (Å²) in [5.41, 5.74) is 3.59. The SMILES string of the molecule is C[C@@H](NC(=O)[C@@H](CC(=O)c1ccc(C(C)(C)C)s1)Cc1ccc(-c2ncc(-c3ccc4c(ccn4S(=O)(=O)c4ccccc4)c3)cn2)cc1)C(=O)O. The molecular formula is C40H38N4O6S2. The Labute approximate surface area is 306 Å². The van der Waals surface area contributed by atoms with E-state index < -0.39 is 33.9 Å². The van der Waals surface area contributed by atoms with Crippen LogP contribution >= 0.6 is 11.3 Å². The van der Waals surface area contributed by atoms with Gasteiger partial charge in [0.25, 0.3) is 10.0 Å². The minimum atomic E-state index is -3.74. The molecule has 0 unspecified atom stereocenters. The number of carbonyl (C=O) groups is 3. The molecule has 52 heavy (non-hydrogen) atoms. The maximum atomic E-state index is 13.3. The van der Waals surface area contributed by atoms with Crippen LogP contribution in [-0.2, 0) is 31.4 Å². The van der Waals surface area contributed by atoms with Gasteiger partial charge in [-0.05, 0) is 72.4 Å². The highest BCUT2D eigenvalue weighted by Crippen LogP contribution is 2.32. The third kappa shape index (κ3) is 7.88. The summed E-state index contributed by atoms with van der Waals surface area (Å²) in [6.07, 6.45) is 5.14. The fraction of sp³-hybridized carbons (Fsp3) is 0.225. The Bertz CT molecular complexity index is 2360. The van der Waals surface area contributed by atoms with Crippen molar-refractivity contribution in [3.63, 3.8) is 0 Å². The molecule has 0 fully saturated rings. The number of carbonyl (C=O) groups excluding carboxylic acids is 2. The Hall–Kier alpha value is -5.46. The number of hydrogen-bond donors (Lipinski definition) is 2. The van der Waals surface area contributed by atoms with Gasteiger partial charge >= 0.3 is 5.97 Å². The molecule has 6 aromatic rings. The molecule has 0 aliphatic rings. The van der Waals surface area contributed by atoms with E-state index in [9.17, 15) is 27.9 Å². The van der Waals surface area contributed by atoms with Crippen LogP contribution in [0.3, 0.4) is 0 Å². The second-order valence-corrected chi connectivity index (χ2v) is 16.6. The van der Waals surface area contributed by atoms with E-state index in [2.05, 4.69) is 36.1 Å². The van der Waals surface area contributed by atoms with E-state index in [0.717, 1.165) is 32.5 Å². The molecule has 0 radical (unpaired) electrons. The van der Waals surface area contributed by atoms with Crippen molar-refractivity contribution in [1.82, 2.24) is 19.3 Å². The first-order valence-electron chi connectivity index (χ1n) is 16.7. The number of nitrogens with zero attached hydrogens (tertiary/aromatic N) is 3. The summed E-state index contributed by atoms with van der Waals surface area (Å²) in [5, 5.41) is 12.6. The predicted molar refractivity (Wildman–Crippen MR) is 202 cm³/mol. The number of rotatable bonds is 12. The first kappa shape index (κ1) is 36.3. The molecule has 0 bridgehead atoms. The zero-order valence-electron chi connectivity index (χ0n) is 29.1. The smallest absolute Gasteiger partial charge is 0.325 e. The van der Waals surface area contributed by atoms with E-state index in [1.807, 2.05) is 42.5 Å². The second-order valence-electron chi connectivity index (χ2n) is 13.7. The third-order valence-electron chi connectivity index (χ3n) is 8.79. The number of fused-ring (bicyclic) bond motifs is 1. The van der Waals surface area contributed by atoms with Crippen molar-refractivity contribution in [3.8, 4) is 22.5 Å². The molecule has 3 aromatic carbocycles. The maximum absolute atomic E-state index is 13.3. The molecule has 6 rings (SSSR count). The van der Waals surface area contributed by atoms with Gasteiger partial charge in [-0.25, -0.2) is 22.4 Å². The number of aliphatic carboxylic acids is 1. The lowest BCUT2D eigenvalue weighted by Crippen LogP contribution is -2.42. The topological polar surface area (TPSA) is 148 Å².